The van der Waals surface area contributed by atoms with Gasteiger partial charge in [-0.25, -0.2) is 9.97 Å². The van der Waals surface area contributed by atoms with Crippen LogP contribution in [0, 0.1) is 13.8 Å². The van der Waals surface area contributed by atoms with E-state index in [4.69, 9.17) is 20.4 Å². The third-order valence-corrected chi connectivity index (χ3v) is 6.34. The summed E-state index contributed by atoms with van der Waals surface area (Å²) in [7, 11) is 0. The number of alkyl halides is 1. The fourth-order valence-electron chi connectivity index (χ4n) is 4.31. The molecule has 1 atom stereocenters. The van der Waals surface area contributed by atoms with Gasteiger partial charge in [0.2, 0.25) is 11.8 Å². The first kappa shape index (κ1) is 24.0. The molecule has 1 unspecified atom stereocenters. The van der Waals surface area contributed by atoms with E-state index in [9.17, 15) is 0 Å². The van der Waals surface area contributed by atoms with E-state index in [-0.39, 0.29) is 6.04 Å². The molecule has 0 bridgehead atoms. The van der Waals surface area contributed by atoms with Gasteiger partial charge < -0.3 is 8.83 Å². The molecule has 0 N–H and O–H groups in total. The van der Waals surface area contributed by atoms with Crippen LogP contribution in [0.15, 0.2) is 88.0 Å². The van der Waals surface area contributed by atoms with Crippen molar-refractivity contribution in [3.05, 3.63) is 102 Å². The predicted octanol–water partition coefficient (Wildman–Crippen LogP) is 6.29. The molecule has 0 saturated carbocycles. The molecule has 3 aromatic heterocycles. The lowest BCUT2D eigenvalue weighted by molar-refractivity contribution is 0.182. The maximum atomic E-state index is 6.44. The average molecular weight is 502 g/mol. The maximum Gasteiger partial charge on any atom is 0.209 e. The minimum absolute atomic E-state index is 0.0347. The minimum Gasteiger partial charge on any atom is -0.439 e. The molecule has 2 aromatic carbocycles. The second-order valence-corrected chi connectivity index (χ2v) is 9.13. The molecule has 0 aliphatic heterocycles. The Morgan fingerprint density at radius 1 is 0.833 bits per heavy atom. The largest absolute Gasteiger partial charge is 0.439 e. The van der Waals surface area contributed by atoms with Gasteiger partial charge in [-0.3, -0.25) is 9.58 Å². The van der Waals surface area contributed by atoms with Gasteiger partial charge in [0.05, 0.1) is 37.2 Å². The number of aromatic nitrogens is 4. The highest BCUT2D eigenvalue weighted by Crippen LogP contribution is 2.24. The fraction of sp³-hybridized carbons (Fsp3) is 0.250. The third kappa shape index (κ3) is 5.58. The Labute approximate surface area is 215 Å². The third-order valence-electron chi connectivity index (χ3n) is 5.98. The van der Waals surface area contributed by atoms with E-state index in [0.29, 0.717) is 37.3 Å². The molecule has 8 heteroatoms. The van der Waals surface area contributed by atoms with Gasteiger partial charge in [-0.05, 0) is 19.9 Å². The van der Waals surface area contributed by atoms with Gasteiger partial charge in [-0.2, -0.15) is 5.10 Å². The molecular formula is C28H28ClN5O2. The van der Waals surface area contributed by atoms with Gasteiger partial charge in [0.15, 0.2) is 11.5 Å². The second kappa shape index (κ2) is 10.9. The zero-order valence-electron chi connectivity index (χ0n) is 20.3. The average Bonchev–Trinajstić information content (AvgIpc) is 3.64. The smallest absolute Gasteiger partial charge is 0.209 e. The fourth-order valence-corrected chi connectivity index (χ4v) is 4.54. The first-order valence-electron chi connectivity index (χ1n) is 11.9. The number of hydrogen-bond donors (Lipinski definition) is 0. The van der Waals surface area contributed by atoms with E-state index < -0.39 is 0 Å². The quantitative estimate of drug-likeness (QED) is 0.209. The van der Waals surface area contributed by atoms with Gasteiger partial charge in [0.25, 0.3) is 0 Å². The molecule has 5 rings (SSSR count). The van der Waals surface area contributed by atoms with Crippen molar-refractivity contribution in [2.24, 2.45) is 0 Å². The molecule has 7 nitrogen and oxygen atoms in total. The van der Waals surface area contributed by atoms with Crippen LogP contribution in [0.1, 0.15) is 29.2 Å². The lowest BCUT2D eigenvalue weighted by Gasteiger charge is -2.25. The summed E-state index contributed by atoms with van der Waals surface area (Å²) in [5.74, 6) is 3.12. The SMILES string of the molecule is Cc1cc(C)n(C(CCl)CN(Cc2ncc(-c3ccccc3)o2)Cc2ncc(-c3ccccc3)o2)n1. The first-order chi connectivity index (χ1) is 17.6. The van der Waals surface area contributed by atoms with Crippen LogP contribution in [0.5, 0.6) is 0 Å². The van der Waals surface area contributed by atoms with Gasteiger partial charge in [-0.15, -0.1) is 11.6 Å². The summed E-state index contributed by atoms with van der Waals surface area (Å²) >= 11 is 6.44. The van der Waals surface area contributed by atoms with Crippen molar-refractivity contribution in [3.8, 4) is 22.6 Å². The Morgan fingerprint density at radius 3 is 1.81 bits per heavy atom. The lowest BCUT2D eigenvalue weighted by Crippen LogP contribution is -2.32. The number of hydrogen-bond acceptors (Lipinski definition) is 6. The molecule has 0 aliphatic carbocycles. The van der Waals surface area contributed by atoms with Crippen LogP contribution < -0.4 is 0 Å². The molecule has 0 fully saturated rings. The van der Waals surface area contributed by atoms with E-state index in [1.165, 1.54) is 0 Å². The second-order valence-electron chi connectivity index (χ2n) is 8.82. The van der Waals surface area contributed by atoms with Crippen LogP contribution in [0.4, 0.5) is 0 Å². The topological polar surface area (TPSA) is 73.1 Å². The molecule has 0 saturated heterocycles. The zero-order valence-corrected chi connectivity index (χ0v) is 21.1. The zero-order chi connectivity index (χ0) is 24.9. The molecule has 3 heterocycles. The Kier molecular flexibility index (Phi) is 7.30. The summed E-state index contributed by atoms with van der Waals surface area (Å²) in [6.45, 7) is 5.61. The van der Waals surface area contributed by atoms with Crippen molar-refractivity contribution in [2.75, 3.05) is 12.4 Å². The number of oxazole rings is 2. The van der Waals surface area contributed by atoms with Gasteiger partial charge in [0, 0.05) is 29.2 Å². The van der Waals surface area contributed by atoms with Crippen molar-refractivity contribution >= 4 is 11.6 Å². The molecule has 0 amide bonds. The van der Waals surface area contributed by atoms with E-state index in [2.05, 4.69) is 26.0 Å². The van der Waals surface area contributed by atoms with Crippen LogP contribution >= 0.6 is 11.6 Å². The number of benzene rings is 2. The van der Waals surface area contributed by atoms with Crippen molar-refractivity contribution in [1.82, 2.24) is 24.6 Å². The molecule has 0 aliphatic rings. The van der Waals surface area contributed by atoms with Gasteiger partial charge >= 0.3 is 0 Å². The molecule has 0 spiro atoms. The number of aryl methyl sites for hydroxylation is 2. The van der Waals surface area contributed by atoms with Crippen LogP contribution in [-0.4, -0.2) is 37.1 Å². The molecular weight excluding hydrogens is 474 g/mol. The maximum absolute atomic E-state index is 6.44. The summed E-state index contributed by atoms with van der Waals surface area (Å²) in [6, 6.07) is 21.9. The van der Waals surface area contributed by atoms with Gasteiger partial charge in [-0.1, -0.05) is 60.7 Å². The van der Waals surface area contributed by atoms with Crippen molar-refractivity contribution < 1.29 is 8.83 Å². The van der Waals surface area contributed by atoms with E-state index in [1.54, 1.807) is 12.4 Å². The monoisotopic (exact) mass is 501 g/mol. The highest BCUT2D eigenvalue weighted by molar-refractivity contribution is 6.18. The lowest BCUT2D eigenvalue weighted by atomic mass is 10.2. The summed E-state index contributed by atoms with van der Waals surface area (Å²) < 4.78 is 14.2. The molecule has 0 radical (unpaired) electrons. The van der Waals surface area contributed by atoms with Crippen LogP contribution in [0.3, 0.4) is 0 Å². The van der Waals surface area contributed by atoms with Crippen LogP contribution in [-0.2, 0) is 13.1 Å². The number of halogens is 1. The standard InChI is InChI=1S/C28H28ClN5O2/c1-20-13-21(2)34(32-20)24(14-29)17-33(18-27-30-15-25(35-27)22-9-5-3-6-10-22)19-28-31-16-26(36-28)23-11-7-4-8-12-23/h3-13,15-16,24H,14,17-19H2,1-2H3. The highest BCUT2D eigenvalue weighted by atomic mass is 35.5. The molecule has 36 heavy (non-hydrogen) atoms. The Bertz CT molecular complexity index is 1310. The molecule has 184 valence electrons. The van der Waals surface area contributed by atoms with Crippen molar-refractivity contribution in [1.29, 1.82) is 0 Å². The summed E-state index contributed by atoms with van der Waals surface area (Å²) in [5.41, 5.74) is 4.02. The predicted molar refractivity (Wildman–Crippen MR) is 139 cm³/mol. The Balaban J connectivity index is 1.39. The highest BCUT2D eigenvalue weighted by Gasteiger charge is 2.22. The first-order valence-corrected chi connectivity index (χ1v) is 12.4. The number of nitrogens with zero attached hydrogens (tertiary/aromatic N) is 5. The Hall–Kier alpha value is -3.68. The summed E-state index contributed by atoms with van der Waals surface area (Å²) in [4.78, 5) is 11.3. The van der Waals surface area contributed by atoms with Crippen LogP contribution in [0.2, 0.25) is 0 Å². The van der Waals surface area contributed by atoms with Gasteiger partial charge in [0.1, 0.15) is 0 Å². The summed E-state index contributed by atoms with van der Waals surface area (Å²) in [6.07, 6.45) is 3.53. The van der Waals surface area contributed by atoms with Crippen molar-refractivity contribution in [2.45, 2.75) is 33.0 Å². The Morgan fingerprint density at radius 2 is 1.36 bits per heavy atom. The normalized spacial score (nSPS) is 12.3. The summed E-state index contributed by atoms with van der Waals surface area (Å²) in [5, 5.41) is 4.66. The minimum atomic E-state index is -0.0347. The van der Waals surface area contributed by atoms with E-state index in [1.807, 2.05) is 79.2 Å². The van der Waals surface area contributed by atoms with E-state index >= 15 is 0 Å². The van der Waals surface area contributed by atoms with Crippen LogP contribution in [0.25, 0.3) is 22.6 Å². The number of rotatable bonds is 10. The molecule has 5 aromatic rings. The van der Waals surface area contributed by atoms with E-state index in [0.717, 1.165) is 34.0 Å². The van der Waals surface area contributed by atoms with Crippen molar-refractivity contribution in [3.63, 3.8) is 0 Å².